The van der Waals surface area contributed by atoms with Gasteiger partial charge in [-0.2, -0.15) is 0 Å². The lowest BCUT2D eigenvalue weighted by molar-refractivity contribution is 0.306. The number of ether oxygens (including phenoxy) is 1. The van der Waals surface area contributed by atoms with Gasteiger partial charge in [0.2, 0.25) is 0 Å². The van der Waals surface area contributed by atoms with Crippen molar-refractivity contribution in [3.8, 4) is 5.75 Å². The first kappa shape index (κ1) is 12.8. The minimum Gasteiger partial charge on any atom is -0.489 e. The molecule has 1 heterocycles. The zero-order valence-corrected chi connectivity index (χ0v) is 10.9. The molecule has 0 unspecified atom stereocenters. The maximum Gasteiger partial charge on any atom is 0.120 e. The highest BCUT2D eigenvalue weighted by Gasteiger charge is 2.10. The maximum absolute atomic E-state index is 5.79. The molecule has 0 aromatic heterocycles. The summed E-state index contributed by atoms with van der Waals surface area (Å²) in [5, 5.41) is 3.35. The molecule has 3 rings (SSSR count). The molecule has 0 spiro atoms. The third-order valence-electron chi connectivity index (χ3n) is 3.03. The molecule has 1 aliphatic rings. The molecule has 0 saturated carbocycles. The second kappa shape index (κ2) is 5.78. The van der Waals surface area contributed by atoms with Crippen LogP contribution >= 0.6 is 12.4 Å². The molecule has 0 atom stereocenters. The van der Waals surface area contributed by atoms with Gasteiger partial charge in [0, 0.05) is 12.2 Å². The van der Waals surface area contributed by atoms with Gasteiger partial charge in [0.1, 0.15) is 12.4 Å². The zero-order valence-electron chi connectivity index (χ0n) is 10.1. The molecule has 0 saturated heterocycles. The summed E-state index contributed by atoms with van der Waals surface area (Å²) < 4.78 is 5.79. The number of hydrogen-bond acceptors (Lipinski definition) is 2. The first-order chi connectivity index (χ1) is 8.42. The number of rotatable bonds is 3. The molecule has 0 amide bonds. The number of hydrogen-bond donors (Lipinski definition) is 1. The molecular weight excluding hydrogens is 246 g/mol. The summed E-state index contributed by atoms with van der Waals surface area (Å²) in [5.74, 6) is 0.955. The van der Waals surface area contributed by atoms with Crippen molar-refractivity contribution in [2.45, 2.75) is 13.0 Å². The van der Waals surface area contributed by atoms with Crippen LogP contribution in [-0.4, -0.2) is 6.54 Å². The van der Waals surface area contributed by atoms with Crippen molar-refractivity contribution in [1.82, 2.24) is 0 Å². The quantitative estimate of drug-likeness (QED) is 0.911. The van der Waals surface area contributed by atoms with Gasteiger partial charge < -0.3 is 10.1 Å². The van der Waals surface area contributed by atoms with Crippen LogP contribution in [0.15, 0.2) is 48.5 Å². The predicted octanol–water partition coefficient (Wildman–Crippen LogP) is 3.66. The molecule has 3 heteroatoms. The number of nitrogens with one attached hydrogen (secondary N) is 1. The highest BCUT2D eigenvalue weighted by atomic mass is 35.5. The summed E-state index contributed by atoms with van der Waals surface area (Å²) in [7, 11) is 0. The summed E-state index contributed by atoms with van der Waals surface area (Å²) in [5.41, 5.74) is 3.80. The van der Waals surface area contributed by atoms with Crippen LogP contribution in [-0.2, 0) is 13.0 Å². The molecular formula is C15H16ClNO. The normalized spacial score (nSPS) is 12.2. The van der Waals surface area contributed by atoms with E-state index in [4.69, 9.17) is 4.74 Å². The largest absolute Gasteiger partial charge is 0.489 e. The van der Waals surface area contributed by atoms with Crippen LogP contribution in [0.2, 0.25) is 0 Å². The smallest absolute Gasteiger partial charge is 0.120 e. The number of benzene rings is 2. The third kappa shape index (κ3) is 2.77. The monoisotopic (exact) mass is 261 g/mol. The van der Waals surface area contributed by atoms with E-state index in [9.17, 15) is 0 Å². The van der Waals surface area contributed by atoms with Crippen molar-refractivity contribution in [2.75, 3.05) is 11.9 Å². The van der Waals surface area contributed by atoms with E-state index in [1.54, 1.807) is 0 Å². The molecule has 1 aliphatic heterocycles. The van der Waals surface area contributed by atoms with E-state index in [1.165, 1.54) is 16.8 Å². The molecule has 0 radical (unpaired) electrons. The Morgan fingerprint density at radius 3 is 2.72 bits per heavy atom. The van der Waals surface area contributed by atoms with Gasteiger partial charge in [-0.05, 0) is 35.7 Å². The summed E-state index contributed by atoms with van der Waals surface area (Å²) >= 11 is 0. The van der Waals surface area contributed by atoms with E-state index in [0.717, 1.165) is 18.7 Å². The average Bonchev–Trinajstić information content (AvgIpc) is 2.85. The highest BCUT2D eigenvalue weighted by molar-refractivity contribution is 5.85. The summed E-state index contributed by atoms with van der Waals surface area (Å²) in [6.07, 6.45) is 1.10. The molecule has 1 N–H and O–H groups in total. The standard InChI is InChI=1S/C15H15NO.ClH/c1-2-4-12(5-3-1)11-17-14-6-7-15-13(10-14)8-9-16-15;/h1-7,10,16H,8-9,11H2;1H. The van der Waals surface area contributed by atoms with Gasteiger partial charge in [0.15, 0.2) is 0 Å². The fourth-order valence-electron chi connectivity index (χ4n) is 2.11. The van der Waals surface area contributed by atoms with Gasteiger partial charge in [-0.1, -0.05) is 30.3 Å². The Morgan fingerprint density at radius 1 is 1.06 bits per heavy atom. The lowest BCUT2D eigenvalue weighted by atomic mass is 10.1. The van der Waals surface area contributed by atoms with Crippen LogP contribution in [0.5, 0.6) is 5.75 Å². The van der Waals surface area contributed by atoms with E-state index in [2.05, 4.69) is 29.6 Å². The van der Waals surface area contributed by atoms with E-state index < -0.39 is 0 Å². The Labute approximate surface area is 113 Å². The van der Waals surface area contributed by atoms with E-state index in [-0.39, 0.29) is 12.4 Å². The van der Waals surface area contributed by atoms with Gasteiger partial charge in [-0.15, -0.1) is 12.4 Å². The van der Waals surface area contributed by atoms with Gasteiger partial charge in [-0.3, -0.25) is 0 Å². The zero-order chi connectivity index (χ0) is 11.5. The van der Waals surface area contributed by atoms with Gasteiger partial charge >= 0.3 is 0 Å². The minimum atomic E-state index is 0. The van der Waals surface area contributed by atoms with Crippen molar-refractivity contribution in [3.63, 3.8) is 0 Å². The average molecular weight is 262 g/mol. The molecule has 94 valence electrons. The van der Waals surface area contributed by atoms with Crippen molar-refractivity contribution < 1.29 is 4.74 Å². The third-order valence-corrected chi connectivity index (χ3v) is 3.03. The molecule has 0 bridgehead atoms. The van der Waals surface area contributed by atoms with Crippen LogP contribution in [0, 0.1) is 0 Å². The van der Waals surface area contributed by atoms with Crippen molar-refractivity contribution in [2.24, 2.45) is 0 Å². The highest BCUT2D eigenvalue weighted by Crippen LogP contribution is 2.26. The van der Waals surface area contributed by atoms with Crippen molar-refractivity contribution in [1.29, 1.82) is 0 Å². The van der Waals surface area contributed by atoms with Crippen LogP contribution < -0.4 is 10.1 Å². The SMILES string of the molecule is Cl.c1ccc(COc2ccc3c(c2)CCN3)cc1. The molecule has 2 aromatic carbocycles. The molecule has 18 heavy (non-hydrogen) atoms. The van der Waals surface area contributed by atoms with Gasteiger partial charge in [-0.25, -0.2) is 0 Å². The first-order valence-corrected chi connectivity index (χ1v) is 5.95. The van der Waals surface area contributed by atoms with E-state index in [0.29, 0.717) is 6.61 Å². The van der Waals surface area contributed by atoms with E-state index >= 15 is 0 Å². The lowest BCUT2D eigenvalue weighted by Gasteiger charge is -2.08. The van der Waals surface area contributed by atoms with Gasteiger partial charge in [0.05, 0.1) is 0 Å². The molecule has 2 aromatic rings. The van der Waals surface area contributed by atoms with Crippen LogP contribution in [0.1, 0.15) is 11.1 Å². The topological polar surface area (TPSA) is 21.3 Å². The Morgan fingerprint density at radius 2 is 1.89 bits per heavy atom. The van der Waals surface area contributed by atoms with Gasteiger partial charge in [0.25, 0.3) is 0 Å². The van der Waals surface area contributed by atoms with Crippen molar-refractivity contribution in [3.05, 3.63) is 59.7 Å². The Bertz CT molecular complexity index is 513. The van der Waals surface area contributed by atoms with Crippen molar-refractivity contribution >= 4 is 18.1 Å². The number of fused-ring (bicyclic) bond motifs is 1. The maximum atomic E-state index is 5.79. The van der Waals surface area contributed by atoms with Crippen LogP contribution in [0.25, 0.3) is 0 Å². The number of anilines is 1. The fourth-order valence-corrected chi connectivity index (χ4v) is 2.11. The second-order valence-corrected chi connectivity index (χ2v) is 4.27. The van der Waals surface area contributed by atoms with Crippen LogP contribution in [0.3, 0.4) is 0 Å². The Hall–Kier alpha value is -1.67. The fraction of sp³-hybridized carbons (Fsp3) is 0.200. The number of halogens is 1. The first-order valence-electron chi connectivity index (χ1n) is 5.95. The summed E-state index contributed by atoms with van der Waals surface area (Å²) in [6, 6.07) is 16.5. The summed E-state index contributed by atoms with van der Waals surface area (Å²) in [6.45, 7) is 1.67. The molecule has 0 fully saturated rings. The van der Waals surface area contributed by atoms with Crippen LogP contribution in [0.4, 0.5) is 5.69 Å². The summed E-state index contributed by atoms with van der Waals surface area (Å²) in [4.78, 5) is 0. The second-order valence-electron chi connectivity index (χ2n) is 4.27. The predicted molar refractivity (Wildman–Crippen MR) is 76.7 cm³/mol. The van der Waals surface area contributed by atoms with E-state index in [1.807, 2.05) is 24.3 Å². The Balaban J connectivity index is 0.00000120. The Kier molecular flexibility index (Phi) is 4.11. The minimum absolute atomic E-state index is 0. The molecule has 2 nitrogen and oxygen atoms in total. The lowest BCUT2D eigenvalue weighted by Crippen LogP contribution is -1.95. The molecule has 0 aliphatic carbocycles.